The van der Waals surface area contributed by atoms with E-state index in [2.05, 4.69) is 5.32 Å². The van der Waals surface area contributed by atoms with Gasteiger partial charge in [-0.3, -0.25) is 10.1 Å². The molecule has 2 N–H and O–H groups in total. The van der Waals surface area contributed by atoms with Gasteiger partial charge in [0.05, 0.1) is 17.1 Å². The van der Waals surface area contributed by atoms with Gasteiger partial charge in [0.1, 0.15) is 11.6 Å². The fourth-order valence-corrected chi connectivity index (χ4v) is 1.44. The van der Waals surface area contributed by atoms with Crippen molar-refractivity contribution >= 4 is 11.4 Å². The summed E-state index contributed by atoms with van der Waals surface area (Å²) in [6.45, 7) is 3.63. The molecule has 1 atom stereocenters. The van der Waals surface area contributed by atoms with E-state index in [9.17, 15) is 15.2 Å². The predicted octanol–water partition coefficient (Wildman–Crippen LogP) is 2.04. The Morgan fingerprint density at radius 1 is 1.61 bits per heavy atom. The van der Waals surface area contributed by atoms with Crippen LogP contribution in [0.4, 0.5) is 11.4 Å². The number of nitro benzene ring substituents is 1. The number of nitriles is 1. The minimum atomic E-state index is -0.591. The third-order valence-electron chi connectivity index (χ3n) is 2.89. The van der Waals surface area contributed by atoms with E-state index in [1.165, 1.54) is 12.1 Å². The normalized spacial score (nSPS) is 13.4. The summed E-state index contributed by atoms with van der Waals surface area (Å²) in [7, 11) is 0. The molecular formula is C12H15N3O3. The number of aliphatic hydroxyl groups excluding tert-OH is 1. The minimum Gasteiger partial charge on any atom is -0.394 e. The van der Waals surface area contributed by atoms with E-state index in [4.69, 9.17) is 5.26 Å². The molecule has 1 aromatic rings. The van der Waals surface area contributed by atoms with Gasteiger partial charge in [-0.1, -0.05) is 6.92 Å². The average Bonchev–Trinajstić information content (AvgIpc) is 2.38. The molecule has 18 heavy (non-hydrogen) atoms. The summed E-state index contributed by atoms with van der Waals surface area (Å²) >= 11 is 0. The largest absolute Gasteiger partial charge is 0.394 e. The van der Waals surface area contributed by atoms with E-state index in [-0.39, 0.29) is 17.9 Å². The zero-order chi connectivity index (χ0) is 13.8. The molecule has 0 aliphatic carbocycles. The van der Waals surface area contributed by atoms with Gasteiger partial charge in [-0.15, -0.1) is 0 Å². The first kappa shape index (κ1) is 13.9. The number of benzene rings is 1. The van der Waals surface area contributed by atoms with Crippen LogP contribution < -0.4 is 5.32 Å². The number of hydrogen-bond donors (Lipinski definition) is 2. The van der Waals surface area contributed by atoms with Crippen molar-refractivity contribution in [3.63, 3.8) is 0 Å². The maximum absolute atomic E-state index is 10.8. The molecule has 0 radical (unpaired) electrons. The van der Waals surface area contributed by atoms with Crippen LogP contribution in [-0.4, -0.2) is 22.2 Å². The molecule has 0 bridgehead atoms. The van der Waals surface area contributed by atoms with Crippen LogP contribution >= 0.6 is 0 Å². The van der Waals surface area contributed by atoms with Crippen molar-refractivity contribution in [2.24, 2.45) is 0 Å². The van der Waals surface area contributed by atoms with Crippen LogP contribution in [0.3, 0.4) is 0 Å². The second-order valence-corrected chi connectivity index (χ2v) is 4.30. The fraction of sp³-hybridized carbons (Fsp3) is 0.417. The standard InChI is InChI=1S/C12H15N3O3/c1-3-12(2,8-16)14-10-5-4-9(7-13)11(6-10)15(17)18/h4-6,14,16H,3,8H2,1-2H3. The van der Waals surface area contributed by atoms with Gasteiger partial charge in [-0.25, -0.2) is 0 Å². The van der Waals surface area contributed by atoms with Crippen molar-refractivity contribution in [1.82, 2.24) is 0 Å². The number of nitro groups is 1. The molecule has 0 aromatic heterocycles. The molecular weight excluding hydrogens is 234 g/mol. The maximum atomic E-state index is 10.8. The van der Waals surface area contributed by atoms with Gasteiger partial charge in [0.15, 0.2) is 0 Å². The molecule has 0 heterocycles. The van der Waals surface area contributed by atoms with Gasteiger partial charge in [0.25, 0.3) is 5.69 Å². The SMILES string of the molecule is CCC(C)(CO)Nc1ccc(C#N)c([N+](=O)[O-])c1. The zero-order valence-electron chi connectivity index (χ0n) is 10.3. The highest BCUT2D eigenvalue weighted by molar-refractivity contribution is 5.59. The van der Waals surface area contributed by atoms with Crippen molar-refractivity contribution in [2.45, 2.75) is 25.8 Å². The summed E-state index contributed by atoms with van der Waals surface area (Å²) in [6, 6.07) is 6.07. The Labute approximate surface area is 105 Å². The molecule has 6 heteroatoms. The van der Waals surface area contributed by atoms with Gasteiger partial charge >= 0.3 is 0 Å². The number of aliphatic hydroxyl groups is 1. The van der Waals surface area contributed by atoms with Crippen LogP contribution in [0.15, 0.2) is 18.2 Å². The molecule has 0 saturated carbocycles. The Balaban J connectivity index is 3.10. The van der Waals surface area contributed by atoms with Crippen LogP contribution in [0.2, 0.25) is 0 Å². The van der Waals surface area contributed by atoms with Gasteiger partial charge in [0.2, 0.25) is 0 Å². The lowest BCUT2D eigenvalue weighted by molar-refractivity contribution is -0.385. The van der Waals surface area contributed by atoms with Gasteiger partial charge in [-0.05, 0) is 25.5 Å². The molecule has 1 unspecified atom stereocenters. The Kier molecular flexibility index (Phi) is 4.23. The van der Waals surface area contributed by atoms with Crippen molar-refractivity contribution in [2.75, 3.05) is 11.9 Å². The van der Waals surface area contributed by atoms with Crippen LogP contribution in [0.5, 0.6) is 0 Å². The molecule has 1 aromatic carbocycles. The number of hydrogen-bond acceptors (Lipinski definition) is 5. The van der Waals surface area contributed by atoms with E-state index in [1.54, 1.807) is 12.1 Å². The molecule has 0 fully saturated rings. The predicted molar refractivity (Wildman–Crippen MR) is 67.2 cm³/mol. The highest BCUT2D eigenvalue weighted by Crippen LogP contribution is 2.25. The van der Waals surface area contributed by atoms with Crippen molar-refractivity contribution in [1.29, 1.82) is 5.26 Å². The van der Waals surface area contributed by atoms with E-state index in [1.807, 2.05) is 13.8 Å². The molecule has 96 valence electrons. The van der Waals surface area contributed by atoms with Gasteiger partial charge in [0, 0.05) is 11.8 Å². The first-order chi connectivity index (χ1) is 8.45. The fourth-order valence-electron chi connectivity index (χ4n) is 1.44. The lowest BCUT2D eigenvalue weighted by Gasteiger charge is -2.28. The van der Waals surface area contributed by atoms with Gasteiger partial charge in [-0.2, -0.15) is 5.26 Å². The van der Waals surface area contributed by atoms with Crippen molar-refractivity contribution < 1.29 is 10.0 Å². The quantitative estimate of drug-likeness (QED) is 0.614. The average molecular weight is 249 g/mol. The number of nitrogens with one attached hydrogen (secondary N) is 1. The molecule has 1 rings (SSSR count). The Morgan fingerprint density at radius 3 is 2.72 bits per heavy atom. The Bertz CT molecular complexity index is 490. The maximum Gasteiger partial charge on any atom is 0.289 e. The summed E-state index contributed by atoms with van der Waals surface area (Å²) in [4.78, 5) is 10.2. The molecule has 0 spiro atoms. The second kappa shape index (κ2) is 5.47. The van der Waals surface area contributed by atoms with E-state index in [0.29, 0.717) is 12.1 Å². The number of anilines is 1. The van der Waals surface area contributed by atoms with Crippen molar-refractivity contribution in [3.8, 4) is 6.07 Å². The summed E-state index contributed by atoms with van der Waals surface area (Å²) in [6.07, 6.45) is 0.664. The first-order valence-electron chi connectivity index (χ1n) is 5.53. The van der Waals surface area contributed by atoms with Crippen LogP contribution in [-0.2, 0) is 0 Å². The number of nitrogens with zero attached hydrogens (tertiary/aromatic N) is 2. The topological polar surface area (TPSA) is 99.2 Å². The van der Waals surface area contributed by atoms with Crippen LogP contribution in [0.25, 0.3) is 0 Å². The molecule has 0 saturated heterocycles. The van der Waals surface area contributed by atoms with Crippen LogP contribution in [0, 0.1) is 21.4 Å². The molecule has 0 aliphatic heterocycles. The Hall–Kier alpha value is -2.13. The first-order valence-corrected chi connectivity index (χ1v) is 5.53. The van der Waals surface area contributed by atoms with E-state index < -0.39 is 10.5 Å². The molecule has 0 aliphatic rings. The lowest BCUT2D eigenvalue weighted by atomic mass is 9.99. The monoisotopic (exact) mass is 249 g/mol. The third-order valence-corrected chi connectivity index (χ3v) is 2.89. The highest BCUT2D eigenvalue weighted by Gasteiger charge is 2.22. The lowest BCUT2D eigenvalue weighted by Crippen LogP contribution is -2.37. The van der Waals surface area contributed by atoms with E-state index >= 15 is 0 Å². The Morgan fingerprint density at radius 2 is 2.28 bits per heavy atom. The summed E-state index contributed by atoms with van der Waals surface area (Å²) in [5.41, 5.74) is -0.243. The number of rotatable bonds is 5. The third kappa shape index (κ3) is 2.96. The molecule has 0 amide bonds. The van der Waals surface area contributed by atoms with Gasteiger partial charge < -0.3 is 10.4 Å². The van der Waals surface area contributed by atoms with Crippen molar-refractivity contribution in [3.05, 3.63) is 33.9 Å². The summed E-state index contributed by atoms with van der Waals surface area (Å²) in [5, 5.41) is 31.9. The minimum absolute atomic E-state index is 0.0211. The highest BCUT2D eigenvalue weighted by atomic mass is 16.6. The zero-order valence-corrected chi connectivity index (χ0v) is 10.3. The molecule has 6 nitrogen and oxygen atoms in total. The van der Waals surface area contributed by atoms with Crippen LogP contribution in [0.1, 0.15) is 25.8 Å². The van der Waals surface area contributed by atoms with E-state index in [0.717, 1.165) is 0 Å². The summed E-state index contributed by atoms with van der Waals surface area (Å²) in [5.74, 6) is 0. The summed E-state index contributed by atoms with van der Waals surface area (Å²) < 4.78 is 0. The second-order valence-electron chi connectivity index (χ2n) is 4.30. The smallest absolute Gasteiger partial charge is 0.289 e.